The average Bonchev–Trinajstić information content (AvgIpc) is 3.11. The number of carbonyl (C=O) groups is 1. The number of hydrogen-bond donors (Lipinski definition) is 1. The van der Waals surface area contributed by atoms with Crippen molar-refractivity contribution in [2.75, 3.05) is 0 Å². The van der Waals surface area contributed by atoms with E-state index in [0.29, 0.717) is 12.2 Å². The lowest BCUT2D eigenvalue weighted by atomic mass is 10.2. The van der Waals surface area contributed by atoms with Gasteiger partial charge in [-0.1, -0.05) is 18.2 Å². The zero-order valence-corrected chi connectivity index (χ0v) is 14.4. The molecule has 0 aliphatic carbocycles. The van der Waals surface area contributed by atoms with E-state index < -0.39 is 0 Å². The molecule has 1 amide bonds. The molecule has 0 bridgehead atoms. The van der Waals surface area contributed by atoms with Gasteiger partial charge in [0.15, 0.2) is 0 Å². The lowest BCUT2D eigenvalue weighted by Gasteiger charge is -2.06. The molecule has 6 heteroatoms. The summed E-state index contributed by atoms with van der Waals surface area (Å²) in [5.41, 5.74) is 5.50. The SMILES string of the molecule is Cc1cnc(CNC(=O)c2cc3c(c4ccccc4n3C)n2C)cn1. The third-order valence-corrected chi connectivity index (χ3v) is 4.59. The Hall–Kier alpha value is -3.15. The van der Waals surface area contributed by atoms with Crippen molar-refractivity contribution in [3.05, 3.63) is 59.8 Å². The number of fused-ring (bicyclic) bond motifs is 3. The Morgan fingerprint density at radius 1 is 1.08 bits per heavy atom. The topological polar surface area (TPSA) is 64.7 Å². The number of benzene rings is 1. The first-order valence-corrected chi connectivity index (χ1v) is 8.15. The highest BCUT2D eigenvalue weighted by molar-refractivity contribution is 6.10. The molecule has 6 nitrogen and oxygen atoms in total. The van der Waals surface area contributed by atoms with Crippen LogP contribution < -0.4 is 5.32 Å². The molecule has 0 aliphatic rings. The minimum absolute atomic E-state index is 0.120. The van der Waals surface area contributed by atoms with Crippen LogP contribution >= 0.6 is 0 Å². The Labute approximate surface area is 145 Å². The first-order valence-electron chi connectivity index (χ1n) is 8.15. The molecule has 4 rings (SSSR count). The fourth-order valence-electron chi connectivity index (χ4n) is 3.25. The van der Waals surface area contributed by atoms with Crippen molar-refractivity contribution in [3.63, 3.8) is 0 Å². The Balaban J connectivity index is 1.67. The summed E-state index contributed by atoms with van der Waals surface area (Å²) >= 11 is 0. The smallest absolute Gasteiger partial charge is 0.268 e. The maximum Gasteiger partial charge on any atom is 0.268 e. The molecule has 25 heavy (non-hydrogen) atoms. The van der Waals surface area contributed by atoms with Gasteiger partial charge in [-0.05, 0) is 19.1 Å². The number of aromatic nitrogens is 4. The van der Waals surface area contributed by atoms with Gasteiger partial charge in [-0.25, -0.2) is 0 Å². The van der Waals surface area contributed by atoms with Crippen LogP contribution in [-0.2, 0) is 20.6 Å². The highest BCUT2D eigenvalue weighted by atomic mass is 16.1. The van der Waals surface area contributed by atoms with E-state index in [2.05, 4.69) is 32.0 Å². The van der Waals surface area contributed by atoms with Crippen molar-refractivity contribution in [3.8, 4) is 0 Å². The standard InChI is InChI=1S/C19H19N5O/c1-12-9-21-13(10-20-12)11-22-19(25)17-8-16-18(24(17)3)14-6-4-5-7-15(14)23(16)2/h4-10H,11H2,1-3H3,(H,22,25). The molecule has 0 radical (unpaired) electrons. The van der Waals surface area contributed by atoms with Gasteiger partial charge in [-0.2, -0.15) is 0 Å². The van der Waals surface area contributed by atoms with E-state index in [1.165, 1.54) is 0 Å². The monoisotopic (exact) mass is 333 g/mol. The van der Waals surface area contributed by atoms with Gasteiger partial charge >= 0.3 is 0 Å². The van der Waals surface area contributed by atoms with Crippen molar-refractivity contribution in [1.29, 1.82) is 0 Å². The van der Waals surface area contributed by atoms with Crippen LogP contribution in [0.25, 0.3) is 21.9 Å². The molecule has 0 atom stereocenters. The Morgan fingerprint density at radius 3 is 2.64 bits per heavy atom. The van der Waals surface area contributed by atoms with Crippen LogP contribution in [0, 0.1) is 6.92 Å². The zero-order chi connectivity index (χ0) is 17.6. The number of amides is 1. The predicted molar refractivity (Wildman–Crippen MR) is 97.3 cm³/mol. The fourth-order valence-corrected chi connectivity index (χ4v) is 3.25. The second-order valence-corrected chi connectivity index (χ2v) is 6.23. The summed E-state index contributed by atoms with van der Waals surface area (Å²) in [7, 11) is 3.95. The van der Waals surface area contributed by atoms with Crippen LogP contribution in [0.2, 0.25) is 0 Å². The van der Waals surface area contributed by atoms with Gasteiger partial charge in [-0.3, -0.25) is 14.8 Å². The van der Waals surface area contributed by atoms with Gasteiger partial charge in [0.25, 0.3) is 5.91 Å². The van der Waals surface area contributed by atoms with E-state index in [1.54, 1.807) is 12.4 Å². The van der Waals surface area contributed by atoms with Crippen molar-refractivity contribution < 1.29 is 4.79 Å². The number of nitrogens with one attached hydrogen (secondary N) is 1. The van der Waals surface area contributed by atoms with Gasteiger partial charge in [0.2, 0.25) is 0 Å². The van der Waals surface area contributed by atoms with Crippen molar-refractivity contribution in [2.24, 2.45) is 14.1 Å². The van der Waals surface area contributed by atoms with Crippen LogP contribution in [0.5, 0.6) is 0 Å². The van der Waals surface area contributed by atoms with E-state index in [9.17, 15) is 4.79 Å². The molecular weight excluding hydrogens is 314 g/mol. The van der Waals surface area contributed by atoms with Gasteiger partial charge < -0.3 is 14.5 Å². The second kappa shape index (κ2) is 5.73. The number of carbonyl (C=O) groups excluding carboxylic acids is 1. The van der Waals surface area contributed by atoms with Crippen molar-refractivity contribution >= 4 is 27.8 Å². The summed E-state index contributed by atoms with van der Waals surface area (Å²) in [5, 5.41) is 4.07. The number of para-hydroxylation sites is 1. The minimum atomic E-state index is -0.120. The van der Waals surface area contributed by atoms with Gasteiger partial charge in [0.1, 0.15) is 5.69 Å². The maximum atomic E-state index is 12.6. The second-order valence-electron chi connectivity index (χ2n) is 6.23. The molecule has 0 spiro atoms. The molecule has 0 saturated heterocycles. The number of aryl methyl sites for hydroxylation is 3. The lowest BCUT2D eigenvalue weighted by Crippen LogP contribution is -2.25. The van der Waals surface area contributed by atoms with Crippen LogP contribution in [0.1, 0.15) is 21.9 Å². The summed E-state index contributed by atoms with van der Waals surface area (Å²) < 4.78 is 4.07. The van der Waals surface area contributed by atoms with E-state index in [-0.39, 0.29) is 5.91 Å². The van der Waals surface area contributed by atoms with Gasteiger partial charge in [-0.15, -0.1) is 0 Å². The molecule has 0 aliphatic heterocycles. The highest BCUT2D eigenvalue weighted by Gasteiger charge is 2.18. The van der Waals surface area contributed by atoms with E-state index >= 15 is 0 Å². The molecule has 1 aromatic carbocycles. The molecule has 126 valence electrons. The third kappa shape index (κ3) is 2.46. The van der Waals surface area contributed by atoms with Crippen molar-refractivity contribution in [1.82, 2.24) is 24.4 Å². The fraction of sp³-hybridized carbons (Fsp3) is 0.211. The number of rotatable bonds is 3. The third-order valence-electron chi connectivity index (χ3n) is 4.59. The number of nitrogens with zero attached hydrogens (tertiary/aromatic N) is 4. The molecule has 0 fully saturated rings. The predicted octanol–water partition coefficient (Wildman–Crippen LogP) is 2.70. The summed E-state index contributed by atoms with van der Waals surface area (Å²) in [6.45, 7) is 2.24. The Morgan fingerprint density at radius 2 is 1.88 bits per heavy atom. The zero-order valence-electron chi connectivity index (χ0n) is 14.4. The lowest BCUT2D eigenvalue weighted by molar-refractivity contribution is 0.0942. The average molecular weight is 333 g/mol. The Bertz CT molecular complexity index is 1090. The normalized spacial score (nSPS) is 11.3. The van der Waals surface area contributed by atoms with E-state index in [4.69, 9.17) is 0 Å². The highest BCUT2D eigenvalue weighted by Crippen LogP contribution is 2.30. The number of hydrogen-bond acceptors (Lipinski definition) is 3. The Kier molecular flexibility index (Phi) is 3.53. The molecule has 1 N–H and O–H groups in total. The summed E-state index contributed by atoms with van der Waals surface area (Å²) in [6, 6.07) is 10.2. The summed E-state index contributed by atoms with van der Waals surface area (Å²) in [5.74, 6) is -0.120. The minimum Gasteiger partial charge on any atom is -0.345 e. The first kappa shape index (κ1) is 15.4. The summed E-state index contributed by atoms with van der Waals surface area (Å²) in [6.07, 6.45) is 3.38. The maximum absolute atomic E-state index is 12.6. The molecule has 0 saturated carbocycles. The van der Waals surface area contributed by atoms with Crippen molar-refractivity contribution in [2.45, 2.75) is 13.5 Å². The van der Waals surface area contributed by atoms with Gasteiger partial charge in [0, 0.05) is 25.7 Å². The molecular formula is C19H19N5O. The molecule has 3 aromatic heterocycles. The molecule has 3 heterocycles. The first-order chi connectivity index (χ1) is 12.1. The van der Waals surface area contributed by atoms with Crippen LogP contribution in [-0.4, -0.2) is 25.0 Å². The quantitative estimate of drug-likeness (QED) is 0.627. The van der Waals surface area contributed by atoms with Crippen LogP contribution in [0.4, 0.5) is 0 Å². The van der Waals surface area contributed by atoms with Crippen LogP contribution in [0.3, 0.4) is 0 Å². The largest absolute Gasteiger partial charge is 0.345 e. The van der Waals surface area contributed by atoms with E-state index in [0.717, 1.165) is 33.3 Å². The van der Waals surface area contributed by atoms with E-state index in [1.807, 2.05) is 43.8 Å². The molecule has 4 aromatic rings. The summed E-state index contributed by atoms with van der Waals surface area (Å²) in [4.78, 5) is 21.1. The molecule has 0 unspecified atom stereocenters. The van der Waals surface area contributed by atoms with Gasteiger partial charge in [0.05, 0.1) is 40.7 Å². The van der Waals surface area contributed by atoms with Crippen LogP contribution in [0.15, 0.2) is 42.7 Å².